The van der Waals surface area contributed by atoms with E-state index >= 15 is 0 Å². The van der Waals surface area contributed by atoms with Gasteiger partial charge in [-0.3, -0.25) is 9.69 Å². The van der Waals surface area contributed by atoms with Crippen LogP contribution in [-0.2, 0) is 23.9 Å². The number of alkyl carbamates (subject to hydrolysis) is 1. The number of nitrogens with zero attached hydrogens (tertiary/aromatic N) is 1. The highest BCUT2D eigenvalue weighted by atomic mass is 32.2. The number of ether oxygens (including phenoxy) is 2. The first kappa shape index (κ1) is 25.5. The molecule has 2 heterocycles. The number of β-lactam (4-membered cyclic amide) rings is 1. The van der Waals surface area contributed by atoms with Crippen LogP contribution in [0, 0.1) is 0 Å². The minimum Gasteiger partial charge on any atom is -0.448 e. The van der Waals surface area contributed by atoms with Crippen molar-refractivity contribution in [3.63, 3.8) is 0 Å². The normalized spacial score (nSPS) is 19.3. The Labute approximate surface area is 214 Å². The first-order valence-electron chi connectivity index (χ1n) is 11.6. The zero-order valence-corrected chi connectivity index (χ0v) is 21.1. The molecule has 2 aliphatic heterocycles. The zero-order chi connectivity index (χ0) is 25.9. The number of fused-ring (bicyclic) bond motifs is 1. The van der Waals surface area contributed by atoms with Gasteiger partial charge in [-0.1, -0.05) is 60.7 Å². The highest BCUT2D eigenvalue weighted by Crippen LogP contribution is 2.42. The first-order chi connectivity index (χ1) is 17.2. The lowest BCUT2D eigenvalue weighted by atomic mass is 10.00. The monoisotopic (exact) mass is 508 g/mol. The van der Waals surface area contributed by atoms with Crippen molar-refractivity contribution in [1.82, 2.24) is 10.2 Å². The van der Waals surface area contributed by atoms with E-state index in [9.17, 15) is 19.2 Å². The molecule has 2 aromatic carbocycles. The summed E-state index contributed by atoms with van der Waals surface area (Å²) in [6.07, 6.45) is -0.707. The largest absolute Gasteiger partial charge is 0.448 e. The van der Waals surface area contributed by atoms with Crippen molar-refractivity contribution in [3.05, 3.63) is 83.1 Å². The molecular weight excluding hydrogens is 480 g/mol. The van der Waals surface area contributed by atoms with Crippen LogP contribution in [0.5, 0.6) is 0 Å². The number of carbonyl (C=O) groups excluding carboxylic acids is 4. The van der Waals surface area contributed by atoms with Crippen LogP contribution in [0.4, 0.5) is 4.79 Å². The summed E-state index contributed by atoms with van der Waals surface area (Å²) in [5.41, 5.74) is 1.41. The molecule has 0 bridgehead atoms. The Morgan fingerprint density at radius 3 is 2.19 bits per heavy atom. The average Bonchev–Trinajstić information content (AvgIpc) is 2.85. The van der Waals surface area contributed by atoms with E-state index in [-0.39, 0.29) is 12.1 Å². The van der Waals surface area contributed by atoms with Gasteiger partial charge in [0.1, 0.15) is 29.0 Å². The van der Waals surface area contributed by atoms with Crippen molar-refractivity contribution in [2.45, 2.75) is 50.3 Å². The lowest BCUT2D eigenvalue weighted by Crippen LogP contribution is -2.70. The number of thioether (sulfide) groups is 1. The van der Waals surface area contributed by atoms with E-state index in [4.69, 9.17) is 9.47 Å². The fourth-order valence-electron chi connectivity index (χ4n) is 4.11. The SMILES string of the molecule is CC(C)(C)OC(=O)NC1C(=O)N2C(C(=O)OC(c3ccccc3)c3ccccc3)=C(CC=O)CSC12. The smallest absolute Gasteiger partial charge is 0.408 e. The minimum absolute atomic E-state index is 0.000561. The molecule has 2 amide bonds. The first-order valence-corrected chi connectivity index (χ1v) is 12.6. The van der Waals surface area contributed by atoms with Crippen LogP contribution >= 0.6 is 11.8 Å². The van der Waals surface area contributed by atoms with Crippen LogP contribution in [0.15, 0.2) is 71.9 Å². The molecule has 4 rings (SSSR count). The molecule has 8 nitrogen and oxygen atoms in total. The van der Waals surface area contributed by atoms with Crippen molar-refractivity contribution in [1.29, 1.82) is 0 Å². The fraction of sp³-hybridized carbons (Fsp3) is 0.333. The van der Waals surface area contributed by atoms with Gasteiger partial charge < -0.3 is 19.6 Å². The van der Waals surface area contributed by atoms with Crippen LogP contribution in [-0.4, -0.2) is 51.9 Å². The Kier molecular flexibility index (Phi) is 7.49. The maximum atomic E-state index is 13.6. The molecule has 9 heteroatoms. The molecule has 0 spiro atoms. The number of hydrogen-bond donors (Lipinski definition) is 1. The summed E-state index contributed by atoms with van der Waals surface area (Å²) >= 11 is 1.38. The molecule has 2 aromatic rings. The number of hydrogen-bond acceptors (Lipinski definition) is 7. The molecule has 188 valence electrons. The Morgan fingerprint density at radius 1 is 1.08 bits per heavy atom. The van der Waals surface area contributed by atoms with Crippen LogP contribution in [0.2, 0.25) is 0 Å². The molecule has 36 heavy (non-hydrogen) atoms. The minimum atomic E-state index is -0.843. The Bertz CT molecular complexity index is 1140. The molecule has 2 unspecified atom stereocenters. The highest BCUT2D eigenvalue weighted by Gasteiger charge is 2.55. The Hall–Kier alpha value is -3.59. The van der Waals surface area contributed by atoms with E-state index in [1.807, 2.05) is 60.7 Å². The number of esters is 1. The van der Waals surface area contributed by atoms with Gasteiger partial charge in [-0.2, -0.15) is 0 Å². The lowest BCUT2D eigenvalue weighted by molar-refractivity contribution is -0.153. The van der Waals surface area contributed by atoms with Gasteiger partial charge in [0, 0.05) is 12.2 Å². The molecule has 1 saturated heterocycles. The second-order valence-electron chi connectivity index (χ2n) is 9.46. The maximum Gasteiger partial charge on any atom is 0.408 e. The average molecular weight is 509 g/mol. The number of rotatable bonds is 7. The van der Waals surface area contributed by atoms with E-state index < -0.39 is 41.1 Å². The number of aldehydes is 1. The predicted octanol–water partition coefficient (Wildman–Crippen LogP) is 3.97. The van der Waals surface area contributed by atoms with Crippen LogP contribution in [0.1, 0.15) is 44.4 Å². The van der Waals surface area contributed by atoms with Gasteiger partial charge in [-0.25, -0.2) is 9.59 Å². The quantitative estimate of drug-likeness (QED) is 0.343. The molecule has 0 aromatic heterocycles. The van der Waals surface area contributed by atoms with E-state index in [0.717, 1.165) is 11.1 Å². The predicted molar refractivity (Wildman–Crippen MR) is 135 cm³/mol. The van der Waals surface area contributed by atoms with Gasteiger partial charge in [0.05, 0.1) is 0 Å². The van der Waals surface area contributed by atoms with Gasteiger partial charge in [0.2, 0.25) is 0 Å². The number of nitrogens with one attached hydrogen (secondary N) is 1. The van der Waals surface area contributed by atoms with Crippen LogP contribution in [0.25, 0.3) is 0 Å². The molecule has 0 saturated carbocycles. The summed E-state index contributed by atoms with van der Waals surface area (Å²) < 4.78 is 11.3. The fourth-order valence-corrected chi connectivity index (χ4v) is 5.47. The van der Waals surface area contributed by atoms with Crippen LogP contribution in [0.3, 0.4) is 0 Å². The lowest BCUT2D eigenvalue weighted by Gasteiger charge is -2.49. The molecule has 0 aliphatic carbocycles. The van der Waals surface area contributed by atoms with Gasteiger partial charge in [0.15, 0.2) is 6.10 Å². The third-order valence-corrected chi connectivity index (χ3v) is 7.01. The molecule has 1 fully saturated rings. The van der Waals surface area contributed by atoms with Crippen molar-refractivity contribution >= 4 is 36.0 Å². The van der Waals surface area contributed by atoms with E-state index in [1.54, 1.807) is 20.8 Å². The Balaban J connectivity index is 1.59. The third-order valence-electron chi connectivity index (χ3n) is 5.67. The van der Waals surface area contributed by atoms with E-state index in [2.05, 4.69) is 5.32 Å². The third kappa shape index (κ3) is 5.46. The van der Waals surface area contributed by atoms with Gasteiger partial charge in [-0.05, 0) is 37.5 Å². The molecule has 0 radical (unpaired) electrons. The van der Waals surface area contributed by atoms with Crippen molar-refractivity contribution in [3.8, 4) is 0 Å². The van der Waals surface area contributed by atoms with Crippen molar-refractivity contribution < 1.29 is 28.7 Å². The molecule has 2 atom stereocenters. The van der Waals surface area contributed by atoms with Gasteiger partial charge >= 0.3 is 12.1 Å². The summed E-state index contributed by atoms with van der Waals surface area (Å²) in [5, 5.41) is 2.10. The summed E-state index contributed by atoms with van der Waals surface area (Å²) in [7, 11) is 0. The van der Waals surface area contributed by atoms with E-state index in [0.29, 0.717) is 17.6 Å². The molecule has 1 N–H and O–H groups in total. The van der Waals surface area contributed by atoms with E-state index in [1.165, 1.54) is 16.7 Å². The van der Waals surface area contributed by atoms with Gasteiger partial charge in [-0.15, -0.1) is 11.8 Å². The summed E-state index contributed by atoms with van der Waals surface area (Å²) in [4.78, 5) is 51.6. The highest BCUT2D eigenvalue weighted by molar-refractivity contribution is 8.00. The Morgan fingerprint density at radius 2 is 1.67 bits per heavy atom. The van der Waals surface area contributed by atoms with Gasteiger partial charge in [0.25, 0.3) is 5.91 Å². The summed E-state index contributed by atoms with van der Waals surface area (Å²) in [5.74, 6) is -0.797. The summed E-state index contributed by atoms with van der Waals surface area (Å²) in [6, 6.07) is 17.8. The second-order valence-corrected chi connectivity index (χ2v) is 10.6. The van der Waals surface area contributed by atoms with Crippen molar-refractivity contribution in [2.75, 3.05) is 5.75 Å². The standard InChI is InChI=1S/C27H28N2O6S/c1-27(2,3)35-26(33)28-20-23(31)29-21(19(14-15-30)16-36-24(20)29)25(32)34-22(17-10-6-4-7-11-17)18-12-8-5-9-13-18/h4-13,15,20,22,24H,14,16H2,1-3H3,(H,28,33). The summed E-state index contributed by atoms with van der Waals surface area (Å²) in [6.45, 7) is 5.19. The molecule has 2 aliphatic rings. The van der Waals surface area contributed by atoms with Crippen LogP contribution < -0.4 is 5.32 Å². The number of carbonyl (C=O) groups is 4. The maximum absolute atomic E-state index is 13.6. The second kappa shape index (κ2) is 10.6. The van der Waals surface area contributed by atoms with Crippen molar-refractivity contribution in [2.24, 2.45) is 0 Å². The number of benzene rings is 2. The topological polar surface area (TPSA) is 102 Å². The molecular formula is C27H28N2O6S. The zero-order valence-electron chi connectivity index (χ0n) is 20.3. The number of amides is 2.